The third-order valence-corrected chi connectivity index (χ3v) is 3.87. The van der Waals surface area contributed by atoms with Crippen LogP contribution in [-0.4, -0.2) is 43.9 Å². The number of aliphatic carboxylic acids is 1. The molecule has 22 heavy (non-hydrogen) atoms. The summed E-state index contributed by atoms with van der Waals surface area (Å²) >= 11 is 0. The lowest BCUT2D eigenvalue weighted by atomic mass is 9.90. The molecule has 0 saturated carbocycles. The smallest absolute Gasteiger partial charge is 0.308 e. The van der Waals surface area contributed by atoms with Gasteiger partial charge in [-0.05, 0) is 18.4 Å². The molecule has 8 heteroatoms. The Morgan fingerprint density at radius 1 is 1.36 bits per heavy atom. The van der Waals surface area contributed by atoms with E-state index in [-0.39, 0.29) is 5.92 Å². The molecule has 0 aliphatic carbocycles. The maximum atomic E-state index is 11.3. The van der Waals surface area contributed by atoms with Gasteiger partial charge in [-0.3, -0.25) is 4.79 Å². The quantitative estimate of drug-likeness (QED) is 0.862. The van der Waals surface area contributed by atoms with Crippen LogP contribution in [0.5, 0.6) is 0 Å². The van der Waals surface area contributed by atoms with Crippen molar-refractivity contribution in [1.29, 1.82) is 0 Å². The van der Waals surface area contributed by atoms with Crippen LogP contribution in [0.4, 0.5) is 11.5 Å². The van der Waals surface area contributed by atoms with Crippen LogP contribution in [0.3, 0.4) is 0 Å². The molecule has 116 valence electrons. The predicted octanol–water partition coefficient (Wildman–Crippen LogP) is 0.791. The zero-order valence-corrected chi connectivity index (χ0v) is 12.3. The van der Waals surface area contributed by atoms with Gasteiger partial charge in [0.15, 0.2) is 11.6 Å². The van der Waals surface area contributed by atoms with Crippen molar-refractivity contribution >= 4 is 17.5 Å². The number of carbonyl (C=O) groups is 1. The van der Waals surface area contributed by atoms with Crippen LogP contribution in [0.1, 0.15) is 13.3 Å². The highest BCUT2D eigenvalue weighted by Gasteiger charge is 2.31. The van der Waals surface area contributed by atoms with E-state index in [0.717, 1.165) is 6.54 Å². The SMILES string of the molecule is CC1CC(C(=O)O)CN(c2ncnc(-n3cccn3)c2N)C1. The molecule has 2 aromatic heterocycles. The van der Waals surface area contributed by atoms with Crippen molar-refractivity contribution in [2.45, 2.75) is 13.3 Å². The van der Waals surface area contributed by atoms with E-state index in [1.54, 1.807) is 23.1 Å². The van der Waals surface area contributed by atoms with Crippen LogP contribution in [0.25, 0.3) is 5.82 Å². The zero-order valence-electron chi connectivity index (χ0n) is 12.3. The normalized spacial score (nSPS) is 21.8. The molecule has 0 amide bonds. The molecule has 3 heterocycles. The van der Waals surface area contributed by atoms with E-state index < -0.39 is 11.9 Å². The highest BCUT2D eigenvalue weighted by molar-refractivity contribution is 5.74. The summed E-state index contributed by atoms with van der Waals surface area (Å²) in [5, 5.41) is 13.4. The van der Waals surface area contributed by atoms with Crippen molar-refractivity contribution in [3.63, 3.8) is 0 Å². The molecule has 2 aromatic rings. The lowest BCUT2D eigenvalue weighted by Gasteiger charge is -2.36. The Morgan fingerprint density at radius 2 is 2.14 bits per heavy atom. The van der Waals surface area contributed by atoms with Crippen molar-refractivity contribution in [2.75, 3.05) is 23.7 Å². The highest BCUT2D eigenvalue weighted by atomic mass is 16.4. The van der Waals surface area contributed by atoms with Crippen molar-refractivity contribution in [3.05, 3.63) is 24.8 Å². The van der Waals surface area contributed by atoms with Crippen LogP contribution < -0.4 is 10.6 Å². The van der Waals surface area contributed by atoms with E-state index in [2.05, 4.69) is 15.1 Å². The average molecular weight is 302 g/mol. The summed E-state index contributed by atoms with van der Waals surface area (Å²) in [7, 11) is 0. The number of rotatable bonds is 3. The monoisotopic (exact) mass is 302 g/mol. The number of carboxylic acid groups (broad SMARTS) is 1. The molecule has 0 radical (unpaired) electrons. The van der Waals surface area contributed by atoms with Gasteiger partial charge in [0, 0.05) is 25.5 Å². The van der Waals surface area contributed by atoms with Gasteiger partial charge in [0.2, 0.25) is 0 Å². The second-order valence-corrected chi connectivity index (χ2v) is 5.67. The number of nitrogen functional groups attached to an aromatic ring is 1. The summed E-state index contributed by atoms with van der Waals surface area (Å²) in [5.74, 6) is 0.138. The van der Waals surface area contributed by atoms with Crippen LogP contribution in [0.2, 0.25) is 0 Å². The lowest BCUT2D eigenvalue weighted by Crippen LogP contribution is -2.43. The second kappa shape index (κ2) is 5.63. The Kier molecular flexibility index (Phi) is 3.66. The van der Waals surface area contributed by atoms with Crippen molar-refractivity contribution in [1.82, 2.24) is 19.7 Å². The van der Waals surface area contributed by atoms with Crippen LogP contribution in [0, 0.1) is 11.8 Å². The van der Waals surface area contributed by atoms with Gasteiger partial charge < -0.3 is 15.7 Å². The largest absolute Gasteiger partial charge is 0.481 e. The van der Waals surface area contributed by atoms with E-state index in [0.29, 0.717) is 30.3 Å². The number of nitrogens with two attached hydrogens (primary N) is 1. The molecule has 0 bridgehead atoms. The minimum atomic E-state index is -0.781. The molecule has 8 nitrogen and oxygen atoms in total. The predicted molar refractivity (Wildman–Crippen MR) is 80.7 cm³/mol. The summed E-state index contributed by atoms with van der Waals surface area (Å²) in [5.41, 5.74) is 6.60. The van der Waals surface area contributed by atoms with Gasteiger partial charge in [-0.25, -0.2) is 14.6 Å². The number of carboxylic acids is 1. The third kappa shape index (κ3) is 2.59. The van der Waals surface area contributed by atoms with E-state index >= 15 is 0 Å². The van der Waals surface area contributed by atoms with Gasteiger partial charge in [0.25, 0.3) is 0 Å². The topological polar surface area (TPSA) is 110 Å². The fourth-order valence-electron chi connectivity index (χ4n) is 2.91. The number of nitrogens with zero attached hydrogens (tertiary/aromatic N) is 5. The van der Waals surface area contributed by atoms with Gasteiger partial charge in [0.1, 0.15) is 12.0 Å². The number of aromatic nitrogens is 4. The Balaban J connectivity index is 1.94. The highest BCUT2D eigenvalue weighted by Crippen LogP contribution is 2.30. The zero-order chi connectivity index (χ0) is 15.7. The molecule has 1 aliphatic heterocycles. The third-order valence-electron chi connectivity index (χ3n) is 3.87. The van der Waals surface area contributed by atoms with E-state index in [1.807, 2.05) is 11.8 Å². The first-order valence-corrected chi connectivity index (χ1v) is 7.14. The fraction of sp³-hybridized carbons (Fsp3) is 0.429. The van der Waals surface area contributed by atoms with Gasteiger partial charge in [0.05, 0.1) is 5.92 Å². The van der Waals surface area contributed by atoms with Crippen LogP contribution >= 0.6 is 0 Å². The summed E-state index contributed by atoms with van der Waals surface area (Å²) in [6.07, 6.45) is 5.49. The first-order valence-electron chi connectivity index (χ1n) is 7.14. The van der Waals surface area contributed by atoms with Gasteiger partial charge in [-0.1, -0.05) is 6.92 Å². The van der Waals surface area contributed by atoms with Crippen molar-refractivity contribution < 1.29 is 9.90 Å². The maximum absolute atomic E-state index is 11.3. The molecule has 2 unspecified atom stereocenters. The standard InChI is InChI=1S/C14H18N6O2/c1-9-5-10(14(21)22)7-19(6-9)12-11(15)13(17-8-16-12)20-4-2-3-18-20/h2-4,8-10H,5-7,15H2,1H3,(H,21,22). The van der Waals surface area contributed by atoms with Crippen LogP contribution in [0.15, 0.2) is 24.8 Å². The second-order valence-electron chi connectivity index (χ2n) is 5.67. The summed E-state index contributed by atoms with van der Waals surface area (Å²) in [6.45, 7) is 3.16. The first kappa shape index (κ1) is 14.3. The molecule has 1 saturated heterocycles. The molecule has 3 N–H and O–H groups in total. The molecule has 1 aliphatic rings. The molecule has 2 atom stereocenters. The van der Waals surface area contributed by atoms with Crippen molar-refractivity contribution in [3.8, 4) is 5.82 Å². The first-order chi connectivity index (χ1) is 10.6. The molecular formula is C14H18N6O2. The van der Waals surface area contributed by atoms with Gasteiger partial charge in [-0.15, -0.1) is 0 Å². The lowest BCUT2D eigenvalue weighted by molar-refractivity contribution is -0.142. The minimum Gasteiger partial charge on any atom is -0.481 e. The number of hydrogen-bond acceptors (Lipinski definition) is 6. The number of piperidine rings is 1. The summed E-state index contributed by atoms with van der Waals surface area (Å²) in [6, 6.07) is 1.78. The Morgan fingerprint density at radius 3 is 2.82 bits per heavy atom. The molecule has 1 fully saturated rings. The number of hydrogen-bond donors (Lipinski definition) is 2. The van der Waals surface area contributed by atoms with E-state index in [1.165, 1.54) is 6.33 Å². The Labute approximate surface area is 127 Å². The van der Waals surface area contributed by atoms with E-state index in [4.69, 9.17) is 5.73 Å². The van der Waals surface area contributed by atoms with Gasteiger partial charge in [-0.2, -0.15) is 5.10 Å². The van der Waals surface area contributed by atoms with E-state index in [9.17, 15) is 9.90 Å². The van der Waals surface area contributed by atoms with Crippen molar-refractivity contribution in [2.24, 2.45) is 11.8 Å². The minimum absolute atomic E-state index is 0.261. The molecular weight excluding hydrogens is 284 g/mol. The Bertz CT molecular complexity index is 672. The average Bonchev–Trinajstić information content (AvgIpc) is 3.00. The summed E-state index contributed by atoms with van der Waals surface area (Å²) in [4.78, 5) is 21.7. The van der Waals surface area contributed by atoms with Crippen LogP contribution in [-0.2, 0) is 4.79 Å². The maximum Gasteiger partial charge on any atom is 0.308 e. The van der Waals surface area contributed by atoms with Gasteiger partial charge >= 0.3 is 5.97 Å². The number of anilines is 2. The summed E-state index contributed by atoms with van der Waals surface area (Å²) < 4.78 is 1.57. The fourth-order valence-corrected chi connectivity index (χ4v) is 2.91. The Hall–Kier alpha value is -2.64. The molecule has 0 aromatic carbocycles. The molecule has 3 rings (SSSR count). The molecule has 0 spiro atoms.